The standard InChI is InChI=1S/C21H21NO5/c23-13-9-10-22(19(11-13)20(24)25)21(26)27-12-18-16-7-3-1-5-14(16)15-6-2-4-8-17(15)18/h1-8,13,18-19,23H,9-12H2,(H,24,25)/t13-,19-/m1/s1. The van der Waals surface area contributed by atoms with Crippen molar-refractivity contribution in [3.8, 4) is 11.1 Å². The lowest BCUT2D eigenvalue weighted by Crippen LogP contribution is -2.51. The van der Waals surface area contributed by atoms with Crippen molar-refractivity contribution in [3.05, 3.63) is 59.7 Å². The van der Waals surface area contributed by atoms with Crippen molar-refractivity contribution in [2.45, 2.75) is 30.9 Å². The third kappa shape index (κ3) is 3.17. The minimum absolute atomic E-state index is 0.0273. The maximum Gasteiger partial charge on any atom is 0.410 e. The molecule has 1 heterocycles. The molecule has 6 heteroatoms. The van der Waals surface area contributed by atoms with Crippen LogP contribution in [0.1, 0.15) is 29.9 Å². The summed E-state index contributed by atoms with van der Waals surface area (Å²) >= 11 is 0. The Kier molecular flexibility index (Phi) is 4.58. The minimum Gasteiger partial charge on any atom is -0.480 e. The second-order valence-corrected chi connectivity index (χ2v) is 7.03. The lowest BCUT2D eigenvalue weighted by Gasteiger charge is -2.34. The van der Waals surface area contributed by atoms with Gasteiger partial charge in [-0.15, -0.1) is 0 Å². The van der Waals surface area contributed by atoms with E-state index < -0.39 is 24.2 Å². The summed E-state index contributed by atoms with van der Waals surface area (Å²) in [6, 6.07) is 15.0. The molecule has 2 N–H and O–H groups in total. The lowest BCUT2D eigenvalue weighted by atomic mass is 9.98. The topological polar surface area (TPSA) is 87.1 Å². The molecule has 0 bridgehead atoms. The number of ether oxygens (including phenoxy) is 1. The molecule has 1 amide bonds. The number of carboxylic acids is 1. The van der Waals surface area contributed by atoms with Crippen molar-refractivity contribution in [2.24, 2.45) is 0 Å². The molecule has 0 radical (unpaired) electrons. The number of carboxylic acid groups (broad SMARTS) is 1. The summed E-state index contributed by atoms with van der Waals surface area (Å²) in [5, 5.41) is 19.1. The van der Waals surface area contributed by atoms with E-state index in [0.29, 0.717) is 6.42 Å². The van der Waals surface area contributed by atoms with Crippen LogP contribution in [0.4, 0.5) is 4.79 Å². The molecule has 0 saturated carbocycles. The summed E-state index contributed by atoms with van der Waals surface area (Å²) < 4.78 is 5.54. The van der Waals surface area contributed by atoms with Crippen LogP contribution in [0.15, 0.2) is 48.5 Å². The Hall–Kier alpha value is -2.86. The first-order chi connectivity index (χ1) is 13.1. The number of hydrogen-bond donors (Lipinski definition) is 2. The zero-order valence-corrected chi connectivity index (χ0v) is 14.7. The maximum atomic E-state index is 12.6. The Bertz CT molecular complexity index is 835. The number of piperidine rings is 1. The largest absolute Gasteiger partial charge is 0.480 e. The van der Waals surface area contributed by atoms with Crippen LogP contribution in [0.5, 0.6) is 0 Å². The predicted octanol–water partition coefficient (Wildman–Crippen LogP) is 2.85. The number of nitrogens with zero attached hydrogens (tertiary/aromatic N) is 1. The highest BCUT2D eigenvalue weighted by Crippen LogP contribution is 2.44. The SMILES string of the molecule is O=C(O)[C@H]1C[C@H](O)CCN1C(=O)OCC1c2ccccc2-c2ccccc21. The number of aliphatic hydroxyl groups is 1. The molecule has 1 aliphatic heterocycles. The first-order valence-corrected chi connectivity index (χ1v) is 9.08. The number of aliphatic hydroxyl groups excluding tert-OH is 1. The van der Waals surface area contributed by atoms with Gasteiger partial charge in [0.25, 0.3) is 0 Å². The number of fused-ring (bicyclic) bond motifs is 3. The fraction of sp³-hybridized carbons (Fsp3) is 0.333. The Morgan fingerprint density at radius 1 is 1.04 bits per heavy atom. The van der Waals surface area contributed by atoms with Crippen LogP contribution in [-0.2, 0) is 9.53 Å². The Morgan fingerprint density at radius 2 is 1.63 bits per heavy atom. The number of carbonyl (C=O) groups excluding carboxylic acids is 1. The average Bonchev–Trinajstić information content (AvgIpc) is 3.00. The van der Waals surface area contributed by atoms with Crippen LogP contribution in [-0.4, -0.2) is 52.5 Å². The zero-order valence-electron chi connectivity index (χ0n) is 14.7. The molecular weight excluding hydrogens is 346 g/mol. The van der Waals surface area contributed by atoms with Gasteiger partial charge in [0.15, 0.2) is 0 Å². The first-order valence-electron chi connectivity index (χ1n) is 9.08. The molecule has 140 valence electrons. The van der Waals surface area contributed by atoms with Crippen LogP contribution >= 0.6 is 0 Å². The zero-order chi connectivity index (χ0) is 19.0. The number of carbonyl (C=O) groups is 2. The Morgan fingerprint density at radius 3 is 2.22 bits per heavy atom. The third-order valence-electron chi connectivity index (χ3n) is 5.43. The molecule has 27 heavy (non-hydrogen) atoms. The van der Waals surface area contributed by atoms with E-state index in [9.17, 15) is 19.8 Å². The molecule has 0 spiro atoms. The second-order valence-electron chi connectivity index (χ2n) is 7.03. The van der Waals surface area contributed by atoms with E-state index in [0.717, 1.165) is 22.3 Å². The second kappa shape index (κ2) is 7.04. The van der Waals surface area contributed by atoms with Gasteiger partial charge in [0.1, 0.15) is 12.6 Å². The fourth-order valence-corrected chi connectivity index (χ4v) is 4.08. The van der Waals surface area contributed by atoms with Crippen LogP contribution in [0.25, 0.3) is 11.1 Å². The van der Waals surface area contributed by atoms with Gasteiger partial charge < -0.3 is 14.9 Å². The summed E-state index contributed by atoms with van der Waals surface area (Å²) in [6.45, 7) is 0.326. The molecule has 0 aromatic heterocycles. The van der Waals surface area contributed by atoms with Gasteiger partial charge in [0.2, 0.25) is 0 Å². The van der Waals surface area contributed by atoms with E-state index in [1.54, 1.807) is 0 Å². The molecule has 0 unspecified atom stereocenters. The van der Waals surface area contributed by atoms with E-state index in [1.807, 2.05) is 36.4 Å². The van der Waals surface area contributed by atoms with Crippen LogP contribution in [0.3, 0.4) is 0 Å². The van der Waals surface area contributed by atoms with Crippen molar-refractivity contribution in [1.29, 1.82) is 0 Å². The molecule has 6 nitrogen and oxygen atoms in total. The van der Waals surface area contributed by atoms with Gasteiger partial charge in [-0.05, 0) is 28.7 Å². The summed E-state index contributed by atoms with van der Waals surface area (Å²) in [6.07, 6.45) is -0.965. The van der Waals surface area contributed by atoms with Crippen LogP contribution < -0.4 is 0 Å². The van der Waals surface area contributed by atoms with Crippen molar-refractivity contribution in [2.75, 3.05) is 13.2 Å². The summed E-state index contributed by atoms with van der Waals surface area (Å²) in [5.41, 5.74) is 4.49. The van der Waals surface area contributed by atoms with Gasteiger partial charge in [-0.1, -0.05) is 48.5 Å². The van der Waals surface area contributed by atoms with E-state index in [2.05, 4.69) is 12.1 Å². The van der Waals surface area contributed by atoms with Gasteiger partial charge in [0, 0.05) is 18.9 Å². The Balaban J connectivity index is 1.52. The van der Waals surface area contributed by atoms with Crippen molar-refractivity contribution < 1.29 is 24.5 Å². The first kappa shape index (κ1) is 17.5. The molecule has 2 aromatic carbocycles. The molecule has 2 aliphatic rings. The third-order valence-corrected chi connectivity index (χ3v) is 5.43. The quantitative estimate of drug-likeness (QED) is 0.871. The van der Waals surface area contributed by atoms with E-state index in [1.165, 1.54) is 4.90 Å². The van der Waals surface area contributed by atoms with Crippen LogP contribution in [0.2, 0.25) is 0 Å². The average molecular weight is 367 g/mol. The van der Waals surface area contributed by atoms with E-state index >= 15 is 0 Å². The molecular formula is C21H21NO5. The summed E-state index contributed by atoms with van der Waals surface area (Å²) in [5.74, 6) is -1.19. The number of rotatable bonds is 3. The monoisotopic (exact) mass is 367 g/mol. The van der Waals surface area contributed by atoms with Gasteiger partial charge in [-0.25, -0.2) is 9.59 Å². The Labute approximate surface area is 157 Å². The van der Waals surface area contributed by atoms with Gasteiger partial charge in [0.05, 0.1) is 6.10 Å². The van der Waals surface area contributed by atoms with Gasteiger partial charge in [-0.2, -0.15) is 0 Å². The highest BCUT2D eigenvalue weighted by molar-refractivity contribution is 5.81. The summed E-state index contributed by atoms with van der Waals surface area (Å²) in [7, 11) is 0. The van der Waals surface area contributed by atoms with Gasteiger partial charge in [-0.3, -0.25) is 4.90 Å². The highest BCUT2D eigenvalue weighted by atomic mass is 16.6. The normalized spacial score (nSPS) is 21.4. The molecule has 2 atom stereocenters. The van der Waals surface area contributed by atoms with Crippen molar-refractivity contribution in [1.82, 2.24) is 4.90 Å². The van der Waals surface area contributed by atoms with Crippen molar-refractivity contribution in [3.63, 3.8) is 0 Å². The van der Waals surface area contributed by atoms with E-state index in [4.69, 9.17) is 4.74 Å². The van der Waals surface area contributed by atoms with E-state index in [-0.39, 0.29) is 25.5 Å². The summed E-state index contributed by atoms with van der Waals surface area (Å²) in [4.78, 5) is 25.2. The number of aliphatic carboxylic acids is 1. The van der Waals surface area contributed by atoms with Crippen LogP contribution in [0, 0.1) is 0 Å². The number of likely N-dealkylation sites (tertiary alicyclic amines) is 1. The molecule has 1 aliphatic carbocycles. The molecule has 1 saturated heterocycles. The molecule has 1 fully saturated rings. The number of amides is 1. The van der Waals surface area contributed by atoms with Crippen molar-refractivity contribution >= 4 is 12.1 Å². The fourth-order valence-electron chi connectivity index (χ4n) is 4.08. The number of benzene rings is 2. The van der Waals surface area contributed by atoms with Gasteiger partial charge >= 0.3 is 12.1 Å². The predicted molar refractivity (Wildman–Crippen MR) is 98.4 cm³/mol. The smallest absolute Gasteiger partial charge is 0.410 e. The highest BCUT2D eigenvalue weighted by Gasteiger charge is 2.37. The minimum atomic E-state index is -1.12. The molecule has 4 rings (SSSR count). The molecule has 2 aromatic rings. The lowest BCUT2D eigenvalue weighted by molar-refractivity contribution is -0.145. The number of hydrogen-bond acceptors (Lipinski definition) is 4. The maximum absolute atomic E-state index is 12.6.